The van der Waals surface area contributed by atoms with Crippen molar-refractivity contribution in [3.63, 3.8) is 0 Å². The summed E-state index contributed by atoms with van der Waals surface area (Å²) in [6.45, 7) is 3.73. The summed E-state index contributed by atoms with van der Waals surface area (Å²) in [5.41, 5.74) is 1.05. The molecule has 0 unspecified atom stereocenters. The van der Waals surface area contributed by atoms with E-state index in [0.717, 1.165) is 43.1 Å². The number of carbonyl (C=O) groups excluding carboxylic acids is 2. The molecule has 2 saturated heterocycles. The van der Waals surface area contributed by atoms with Crippen LogP contribution in [-0.2, 0) is 14.3 Å². The molecule has 10 nitrogen and oxygen atoms in total. The van der Waals surface area contributed by atoms with Crippen LogP contribution in [-0.4, -0.2) is 94.1 Å². The number of nitrogens with zero attached hydrogens (tertiary/aromatic N) is 2. The van der Waals surface area contributed by atoms with E-state index in [2.05, 4.69) is 15.5 Å². The Kier molecular flexibility index (Phi) is 10.6. The number of nitrogens with one attached hydrogen (secondary N) is 2. The lowest BCUT2D eigenvalue weighted by atomic mass is 10.1. The van der Waals surface area contributed by atoms with Crippen LogP contribution >= 0.6 is 35.3 Å². The Hall–Kier alpha value is -3.73. The predicted octanol–water partition coefficient (Wildman–Crippen LogP) is 4.23. The first-order valence-corrected chi connectivity index (χ1v) is 15.9. The zero-order chi connectivity index (χ0) is 32.1. The number of halogens is 2. The number of carbonyl (C=O) groups is 3. The van der Waals surface area contributed by atoms with Gasteiger partial charge in [-0.2, -0.15) is 0 Å². The number of carboxylic acid groups (broad SMARTS) is 1. The molecule has 0 radical (unpaired) electrons. The molecular formula is C30H28F2N4O6S3. The van der Waals surface area contributed by atoms with Crippen LogP contribution in [0.25, 0.3) is 17.2 Å². The van der Waals surface area contributed by atoms with E-state index in [-0.39, 0.29) is 28.0 Å². The number of amides is 2. The summed E-state index contributed by atoms with van der Waals surface area (Å²) < 4.78 is 32.7. The average Bonchev–Trinajstić information content (AvgIpc) is 3.58. The highest BCUT2D eigenvalue weighted by molar-refractivity contribution is 8.26. The quantitative estimate of drug-likeness (QED) is 0.173. The van der Waals surface area contributed by atoms with Crippen molar-refractivity contribution in [3.8, 4) is 16.9 Å². The third kappa shape index (κ3) is 8.11. The number of thiocarbonyl (C=S) groups is 1. The summed E-state index contributed by atoms with van der Waals surface area (Å²) in [5.74, 6) is -4.59. The lowest BCUT2D eigenvalue weighted by molar-refractivity contribution is -0.123. The van der Waals surface area contributed by atoms with Crippen LogP contribution in [0.2, 0.25) is 0 Å². The number of thioether (sulfide) groups is 1. The lowest BCUT2D eigenvalue weighted by Gasteiger charge is -2.28. The lowest BCUT2D eigenvalue weighted by Crippen LogP contribution is -2.51. The molecule has 15 heteroatoms. The van der Waals surface area contributed by atoms with Gasteiger partial charge in [-0.1, -0.05) is 30.0 Å². The normalized spacial score (nSPS) is 17.2. The fraction of sp³-hybridized carbons (Fsp3) is 0.267. The van der Waals surface area contributed by atoms with Gasteiger partial charge in [-0.25, -0.2) is 13.6 Å². The molecule has 45 heavy (non-hydrogen) atoms. The van der Waals surface area contributed by atoms with Crippen molar-refractivity contribution in [1.29, 1.82) is 0 Å². The molecule has 0 spiro atoms. The smallest absolute Gasteiger partial charge is 0.339 e. The number of hydrogen-bond acceptors (Lipinski definition) is 10. The first-order chi connectivity index (χ1) is 21.6. The number of thiophene rings is 1. The van der Waals surface area contributed by atoms with E-state index in [1.165, 1.54) is 34.4 Å². The van der Waals surface area contributed by atoms with E-state index < -0.39 is 35.3 Å². The fourth-order valence-corrected chi connectivity index (χ4v) is 6.89. The Balaban J connectivity index is 1.30. The van der Waals surface area contributed by atoms with Crippen molar-refractivity contribution in [2.24, 2.45) is 0 Å². The molecule has 2 fully saturated rings. The van der Waals surface area contributed by atoms with Crippen LogP contribution in [0, 0.1) is 11.6 Å². The van der Waals surface area contributed by atoms with Crippen molar-refractivity contribution < 1.29 is 38.1 Å². The van der Waals surface area contributed by atoms with Crippen LogP contribution in [0.4, 0.5) is 14.5 Å². The number of morpholine rings is 1. The average molecular weight is 675 g/mol. The maximum Gasteiger partial charge on any atom is 0.339 e. The van der Waals surface area contributed by atoms with Crippen molar-refractivity contribution in [3.05, 3.63) is 74.8 Å². The number of aromatic hydroxyl groups is 1. The summed E-state index contributed by atoms with van der Waals surface area (Å²) in [7, 11) is 0. The number of hydrogen-bond donors (Lipinski definition) is 4. The third-order valence-electron chi connectivity index (χ3n) is 7.12. The largest absolute Gasteiger partial charge is 0.507 e. The van der Waals surface area contributed by atoms with E-state index in [1.807, 2.05) is 0 Å². The molecule has 1 aromatic heterocycles. The Bertz CT molecular complexity index is 1660. The van der Waals surface area contributed by atoms with Gasteiger partial charge in [0.15, 0.2) is 11.6 Å². The van der Waals surface area contributed by atoms with Crippen molar-refractivity contribution in [1.82, 2.24) is 15.1 Å². The standard InChI is InChI=1S/C30H28F2N4O6S3/c31-22-4-1-17(12-23(22)32)18-11-20(44-16-18)14-26-28(39)36(30(43)45-26)15-24(33-5-6-35-7-9-42-10-8-35)27(38)34-19-2-3-21(29(40)41)25(37)13-19/h1-4,11-14,16,24,33,37H,5-10,15H2,(H,34,38)(H,40,41)/t24-/m1/s1. The topological polar surface area (TPSA) is 131 Å². The minimum atomic E-state index is -1.31. The van der Waals surface area contributed by atoms with Crippen LogP contribution < -0.4 is 10.6 Å². The van der Waals surface area contributed by atoms with Crippen LogP contribution in [0.1, 0.15) is 15.2 Å². The zero-order valence-electron chi connectivity index (χ0n) is 23.6. The van der Waals surface area contributed by atoms with Gasteiger partial charge in [0.05, 0.1) is 24.7 Å². The fourth-order valence-electron chi connectivity index (χ4n) is 4.71. The highest BCUT2D eigenvalue weighted by atomic mass is 32.2. The van der Waals surface area contributed by atoms with E-state index in [9.17, 15) is 33.4 Å². The Morgan fingerprint density at radius 3 is 2.58 bits per heavy atom. The van der Waals surface area contributed by atoms with Gasteiger partial charge in [0.2, 0.25) is 5.91 Å². The maximum atomic E-state index is 13.7. The second-order valence-corrected chi connectivity index (χ2v) is 12.8. The Morgan fingerprint density at radius 1 is 1.09 bits per heavy atom. The summed E-state index contributed by atoms with van der Waals surface area (Å²) in [4.78, 5) is 42.7. The highest BCUT2D eigenvalue weighted by Crippen LogP contribution is 2.35. The van der Waals surface area contributed by atoms with Gasteiger partial charge < -0.3 is 25.6 Å². The van der Waals surface area contributed by atoms with Gasteiger partial charge in [-0.05, 0) is 52.9 Å². The molecule has 236 valence electrons. The van der Waals surface area contributed by atoms with Crippen molar-refractivity contribution in [2.45, 2.75) is 6.04 Å². The molecule has 2 amide bonds. The minimum Gasteiger partial charge on any atom is -0.507 e. The highest BCUT2D eigenvalue weighted by Gasteiger charge is 2.35. The zero-order valence-corrected chi connectivity index (χ0v) is 26.1. The number of rotatable bonds is 11. The number of benzene rings is 2. The molecule has 2 aromatic carbocycles. The summed E-state index contributed by atoms with van der Waals surface area (Å²) >= 11 is 7.93. The van der Waals surface area contributed by atoms with Gasteiger partial charge in [0.1, 0.15) is 21.7 Å². The SMILES string of the molecule is O=C(O)c1ccc(NC(=O)[C@@H](CN2C(=O)C(=Cc3cc(-c4ccc(F)c(F)c4)cs3)SC2=S)NCCN2CCOCC2)cc1O. The van der Waals surface area contributed by atoms with E-state index in [0.29, 0.717) is 47.2 Å². The van der Waals surface area contributed by atoms with Gasteiger partial charge in [-0.3, -0.25) is 19.4 Å². The van der Waals surface area contributed by atoms with Crippen LogP contribution in [0.15, 0.2) is 52.7 Å². The van der Waals surface area contributed by atoms with Gasteiger partial charge in [0.25, 0.3) is 5.91 Å². The molecule has 4 N–H and O–H groups in total. The Labute approximate surface area is 270 Å². The molecule has 0 aliphatic carbocycles. The molecule has 3 aromatic rings. The molecule has 2 aliphatic heterocycles. The molecule has 0 bridgehead atoms. The Morgan fingerprint density at radius 2 is 1.87 bits per heavy atom. The van der Waals surface area contributed by atoms with E-state index in [4.69, 9.17) is 17.0 Å². The monoisotopic (exact) mass is 674 g/mol. The van der Waals surface area contributed by atoms with E-state index >= 15 is 0 Å². The second-order valence-electron chi connectivity index (χ2n) is 10.1. The second kappa shape index (κ2) is 14.6. The van der Waals surface area contributed by atoms with Crippen molar-refractivity contribution in [2.75, 3.05) is 51.3 Å². The first kappa shape index (κ1) is 32.7. The number of phenols is 1. The van der Waals surface area contributed by atoms with Crippen LogP contribution in [0.3, 0.4) is 0 Å². The number of anilines is 1. The van der Waals surface area contributed by atoms with Gasteiger partial charge in [0, 0.05) is 42.8 Å². The number of ether oxygens (including phenoxy) is 1. The molecule has 0 saturated carbocycles. The van der Waals surface area contributed by atoms with Crippen LogP contribution in [0.5, 0.6) is 5.75 Å². The predicted molar refractivity (Wildman–Crippen MR) is 172 cm³/mol. The molecule has 1 atom stereocenters. The number of aromatic carboxylic acids is 1. The maximum absolute atomic E-state index is 13.7. The first-order valence-electron chi connectivity index (χ1n) is 13.8. The summed E-state index contributed by atoms with van der Waals surface area (Å²) in [6, 6.07) is 8.19. The van der Waals surface area contributed by atoms with E-state index in [1.54, 1.807) is 17.5 Å². The minimum absolute atomic E-state index is 0.0826. The molecule has 3 heterocycles. The van der Waals surface area contributed by atoms with Gasteiger partial charge >= 0.3 is 5.97 Å². The van der Waals surface area contributed by atoms with Gasteiger partial charge in [-0.15, -0.1) is 11.3 Å². The molecular weight excluding hydrogens is 647 g/mol. The summed E-state index contributed by atoms with van der Waals surface area (Å²) in [5, 5.41) is 26.9. The number of carboxylic acids is 1. The summed E-state index contributed by atoms with van der Waals surface area (Å²) in [6.07, 6.45) is 1.67. The van der Waals surface area contributed by atoms with Crippen molar-refractivity contribution >= 4 is 69.2 Å². The molecule has 5 rings (SSSR count). The third-order valence-corrected chi connectivity index (χ3v) is 9.38. The molecule has 2 aliphatic rings.